The first-order valence-corrected chi connectivity index (χ1v) is 10.6. The van der Waals surface area contributed by atoms with Gasteiger partial charge < -0.3 is 0 Å². The van der Waals surface area contributed by atoms with Crippen LogP contribution in [0.3, 0.4) is 0 Å². The molecule has 0 aliphatic rings. The lowest BCUT2D eigenvalue weighted by atomic mass is 10.2. The fourth-order valence-electron chi connectivity index (χ4n) is 3.08. The fraction of sp³-hybridized carbons (Fsp3) is 0.136. The Hall–Kier alpha value is -3.10. The summed E-state index contributed by atoms with van der Waals surface area (Å²) in [6.07, 6.45) is 1.64. The normalized spacial score (nSPS) is 12.2. The molecule has 158 valence electrons. The fourth-order valence-corrected chi connectivity index (χ4v) is 4.17. The van der Waals surface area contributed by atoms with Gasteiger partial charge in [-0.15, -0.1) is 11.3 Å². The van der Waals surface area contributed by atoms with Crippen LogP contribution in [0.5, 0.6) is 0 Å². The highest BCUT2D eigenvalue weighted by atomic mass is 35.5. The zero-order chi connectivity index (χ0) is 22.0. The maximum absolute atomic E-state index is 13.3. The van der Waals surface area contributed by atoms with Crippen LogP contribution < -0.4 is 4.80 Å². The van der Waals surface area contributed by atoms with Crippen LogP contribution >= 0.6 is 22.9 Å². The highest BCUT2D eigenvalue weighted by molar-refractivity contribution is 7.07. The van der Waals surface area contributed by atoms with Gasteiger partial charge in [-0.05, 0) is 48.9 Å². The van der Waals surface area contributed by atoms with Crippen LogP contribution in [0.25, 0.3) is 11.3 Å². The van der Waals surface area contributed by atoms with E-state index in [9.17, 15) is 8.78 Å². The number of rotatable bonds is 5. The number of thiazole rings is 1. The van der Waals surface area contributed by atoms with Crippen LogP contribution in [0, 0.1) is 18.6 Å². The predicted molar refractivity (Wildman–Crippen MR) is 120 cm³/mol. The zero-order valence-corrected chi connectivity index (χ0v) is 18.3. The van der Waals surface area contributed by atoms with Gasteiger partial charge in [0.15, 0.2) is 0 Å². The molecule has 0 amide bonds. The lowest BCUT2D eigenvalue weighted by molar-refractivity contribution is 0.624. The van der Waals surface area contributed by atoms with Crippen molar-refractivity contribution in [1.82, 2.24) is 14.5 Å². The van der Waals surface area contributed by atoms with Crippen LogP contribution in [0.4, 0.5) is 8.78 Å². The summed E-state index contributed by atoms with van der Waals surface area (Å²) in [4.78, 5) is 4.95. The highest BCUT2D eigenvalue weighted by Crippen LogP contribution is 2.22. The molecule has 0 saturated heterocycles. The Morgan fingerprint density at radius 3 is 2.35 bits per heavy atom. The second kappa shape index (κ2) is 8.95. The Bertz CT molecular complexity index is 1300. The van der Waals surface area contributed by atoms with Gasteiger partial charge in [0.05, 0.1) is 29.7 Å². The van der Waals surface area contributed by atoms with Crippen LogP contribution in [0.2, 0.25) is 5.15 Å². The van der Waals surface area contributed by atoms with E-state index in [1.165, 1.54) is 35.6 Å². The van der Waals surface area contributed by atoms with Crippen molar-refractivity contribution in [3.63, 3.8) is 0 Å². The summed E-state index contributed by atoms with van der Waals surface area (Å²) >= 11 is 7.99. The van der Waals surface area contributed by atoms with E-state index < -0.39 is 0 Å². The third-order valence-corrected chi connectivity index (χ3v) is 5.98. The molecule has 0 unspecified atom stereocenters. The molecule has 31 heavy (non-hydrogen) atoms. The van der Waals surface area contributed by atoms with Gasteiger partial charge in [0.2, 0.25) is 4.80 Å². The summed E-state index contributed by atoms with van der Waals surface area (Å²) in [7, 11) is 1.69. The van der Waals surface area contributed by atoms with Gasteiger partial charge in [-0.25, -0.2) is 18.1 Å². The standard InChI is InChI=1S/C22H18ClF2N5S/c1-14-19(21(23)29(28-14)12-15-3-7-17(24)8-4-15)11-27-30-20(13-31-22(30)26-2)16-5-9-18(25)10-6-16/h3-11,13H,12H2,1-2H3/b26-22?,27-11-. The molecule has 0 fully saturated rings. The van der Waals surface area contributed by atoms with E-state index in [1.54, 1.807) is 46.9 Å². The lowest BCUT2D eigenvalue weighted by Gasteiger charge is -2.04. The molecule has 0 atom stereocenters. The number of halogens is 3. The minimum Gasteiger partial charge on any atom is -0.261 e. The van der Waals surface area contributed by atoms with Crippen molar-refractivity contribution in [2.75, 3.05) is 7.05 Å². The maximum atomic E-state index is 13.3. The molecule has 0 bridgehead atoms. The van der Waals surface area contributed by atoms with Crippen molar-refractivity contribution in [3.05, 3.63) is 92.3 Å². The van der Waals surface area contributed by atoms with Crippen molar-refractivity contribution >= 4 is 29.2 Å². The van der Waals surface area contributed by atoms with Gasteiger partial charge in [-0.1, -0.05) is 23.7 Å². The minimum absolute atomic E-state index is 0.291. The molecule has 0 spiro atoms. The van der Waals surface area contributed by atoms with E-state index >= 15 is 0 Å². The van der Waals surface area contributed by atoms with Gasteiger partial charge in [0.25, 0.3) is 0 Å². The van der Waals surface area contributed by atoms with Gasteiger partial charge in [-0.3, -0.25) is 4.99 Å². The first-order chi connectivity index (χ1) is 15.0. The Labute approximate surface area is 186 Å². The van der Waals surface area contributed by atoms with Crippen molar-refractivity contribution in [2.24, 2.45) is 10.1 Å². The highest BCUT2D eigenvalue weighted by Gasteiger charge is 2.13. The van der Waals surface area contributed by atoms with Crippen molar-refractivity contribution in [1.29, 1.82) is 0 Å². The minimum atomic E-state index is -0.301. The predicted octanol–water partition coefficient (Wildman–Crippen LogP) is 5.11. The third-order valence-electron chi connectivity index (χ3n) is 4.67. The molecule has 4 rings (SSSR count). The van der Waals surface area contributed by atoms with Gasteiger partial charge in [-0.2, -0.15) is 10.2 Å². The van der Waals surface area contributed by atoms with E-state index in [4.69, 9.17) is 11.6 Å². The Morgan fingerprint density at radius 2 is 1.71 bits per heavy atom. The Morgan fingerprint density at radius 1 is 1.06 bits per heavy atom. The van der Waals surface area contributed by atoms with Crippen LogP contribution in [0.15, 0.2) is 64.0 Å². The number of aryl methyl sites for hydroxylation is 1. The molecule has 0 saturated carbocycles. The summed E-state index contributed by atoms with van der Waals surface area (Å²) < 4.78 is 29.8. The molecule has 0 N–H and O–H groups in total. The Kier molecular flexibility index (Phi) is 6.11. The molecule has 0 aliphatic carbocycles. The van der Waals surface area contributed by atoms with Gasteiger partial charge in [0, 0.05) is 18.0 Å². The first kappa shape index (κ1) is 21.1. The van der Waals surface area contributed by atoms with Crippen molar-refractivity contribution in [2.45, 2.75) is 13.5 Å². The molecular formula is C22H18ClF2N5S. The first-order valence-electron chi connectivity index (χ1n) is 9.37. The molecule has 9 heteroatoms. The topological polar surface area (TPSA) is 47.5 Å². The number of nitrogens with zero attached hydrogens (tertiary/aromatic N) is 5. The monoisotopic (exact) mass is 457 g/mol. The summed E-state index contributed by atoms with van der Waals surface area (Å²) in [6.45, 7) is 2.26. The van der Waals surface area contributed by atoms with Crippen molar-refractivity contribution in [3.8, 4) is 11.3 Å². The van der Waals surface area contributed by atoms with E-state index in [2.05, 4.69) is 15.2 Å². The zero-order valence-electron chi connectivity index (χ0n) is 16.8. The van der Waals surface area contributed by atoms with Crippen molar-refractivity contribution < 1.29 is 8.78 Å². The van der Waals surface area contributed by atoms with E-state index in [0.29, 0.717) is 27.8 Å². The number of hydrogen-bond donors (Lipinski definition) is 0. The van der Waals surface area contributed by atoms with Gasteiger partial charge in [0.1, 0.15) is 16.8 Å². The average Bonchev–Trinajstić information content (AvgIpc) is 3.29. The van der Waals surface area contributed by atoms with E-state index in [1.807, 2.05) is 12.3 Å². The molecule has 2 heterocycles. The van der Waals surface area contributed by atoms with Crippen LogP contribution in [-0.2, 0) is 6.54 Å². The maximum Gasteiger partial charge on any atom is 0.205 e. The van der Waals surface area contributed by atoms with Crippen LogP contribution in [-0.4, -0.2) is 27.7 Å². The quantitative estimate of drug-likeness (QED) is 0.384. The van der Waals surface area contributed by atoms with Gasteiger partial charge >= 0.3 is 0 Å². The molecule has 5 nitrogen and oxygen atoms in total. The summed E-state index contributed by atoms with van der Waals surface area (Å²) in [5.41, 5.74) is 3.88. The Balaban J connectivity index is 1.68. The van der Waals surface area contributed by atoms with E-state index in [0.717, 1.165) is 16.8 Å². The largest absolute Gasteiger partial charge is 0.261 e. The smallest absolute Gasteiger partial charge is 0.205 e. The molecule has 0 aliphatic heterocycles. The molecule has 4 aromatic rings. The molecule has 2 aromatic heterocycles. The molecule has 0 radical (unpaired) electrons. The van der Waals surface area contributed by atoms with Crippen LogP contribution in [0.1, 0.15) is 16.8 Å². The second-order valence-corrected chi connectivity index (χ2v) is 7.96. The lowest BCUT2D eigenvalue weighted by Crippen LogP contribution is -2.11. The second-order valence-electron chi connectivity index (χ2n) is 6.76. The third kappa shape index (κ3) is 4.50. The molecular weight excluding hydrogens is 440 g/mol. The van der Waals surface area contributed by atoms with E-state index in [-0.39, 0.29) is 11.6 Å². The number of benzene rings is 2. The molecule has 2 aromatic carbocycles. The number of hydrogen-bond acceptors (Lipinski definition) is 4. The summed E-state index contributed by atoms with van der Waals surface area (Å²) in [5, 5.41) is 11.4. The SMILES string of the molecule is CN=c1scc(-c2ccc(F)cc2)n1/N=C\c1c(C)nn(Cc2ccc(F)cc2)c1Cl. The summed E-state index contributed by atoms with van der Waals surface area (Å²) in [6, 6.07) is 12.4. The number of aromatic nitrogens is 3. The summed E-state index contributed by atoms with van der Waals surface area (Å²) in [5.74, 6) is -0.591. The average molecular weight is 458 g/mol.